The first-order valence-corrected chi connectivity index (χ1v) is 18.8. The van der Waals surface area contributed by atoms with Gasteiger partial charge in [0.1, 0.15) is 0 Å². The molecule has 0 aliphatic heterocycles. The van der Waals surface area contributed by atoms with Gasteiger partial charge >= 0.3 is 0 Å². The fourth-order valence-electron chi connectivity index (χ4n) is 4.72. The van der Waals surface area contributed by atoms with Gasteiger partial charge in [-0.15, -0.1) is 23.5 Å². The average molecular weight is 595 g/mol. The van der Waals surface area contributed by atoms with E-state index in [2.05, 4.69) is 38.1 Å². The fraction of sp³-hybridized carbons (Fsp3) is 0.765. The summed E-state index contributed by atoms with van der Waals surface area (Å²) in [6.45, 7) is 4.58. The third-order valence-electron chi connectivity index (χ3n) is 7.29. The molecule has 218 valence electrons. The number of unbranched alkanes of at least 4 members (excludes halogenated alkanes) is 18. The Kier molecular flexibility index (Phi) is 25.9. The summed E-state index contributed by atoms with van der Waals surface area (Å²) in [7, 11) is 0. The van der Waals surface area contributed by atoms with Crippen LogP contribution < -0.4 is 0 Å². The number of thiocarbonyl (C=S) groups is 2. The molecule has 0 fully saturated rings. The Hall–Kier alpha value is 0.1000. The number of thioether (sulfide) groups is 2. The van der Waals surface area contributed by atoms with Crippen molar-refractivity contribution in [2.75, 3.05) is 0 Å². The van der Waals surface area contributed by atoms with Crippen LogP contribution in [0.3, 0.4) is 0 Å². The highest BCUT2D eigenvalue weighted by Crippen LogP contribution is 2.22. The van der Waals surface area contributed by atoms with Crippen LogP contribution in [0.2, 0.25) is 0 Å². The summed E-state index contributed by atoms with van der Waals surface area (Å²) in [4.78, 5) is 0. The number of benzene rings is 1. The monoisotopic (exact) mass is 594 g/mol. The lowest BCUT2D eigenvalue weighted by molar-refractivity contribution is 0.559. The summed E-state index contributed by atoms with van der Waals surface area (Å²) in [5.74, 6) is 2.00. The predicted molar refractivity (Wildman–Crippen MR) is 187 cm³/mol. The summed E-state index contributed by atoms with van der Waals surface area (Å²) in [6.07, 6.45) is 29.9. The highest BCUT2D eigenvalue weighted by atomic mass is 32.2. The highest BCUT2D eigenvalue weighted by Gasteiger charge is 2.03. The molecule has 0 atom stereocenters. The van der Waals surface area contributed by atoms with Gasteiger partial charge in [-0.25, -0.2) is 0 Å². The maximum absolute atomic E-state index is 5.64. The van der Waals surface area contributed by atoms with Crippen LogP contribution in [0.1, 0.15) is 166 Å². The maximum Gasteiger partial charge on any atom is 0.0481 e. The highest BCUT2D eigenvalue weighted by molar-refractivity contribution is 8.22. The zero-order chi connectivity index (χ0) is 27.5. The van der Waals surface area contributed by atoms with Gasteiger partial charge in [-0.05, 0) is 36.8 Å². The minimum absolute atomic E-state index is 1.00. The normalized spacial score (nSPS) is 11.2. The van der Waals surface area contributed by atoms with Crippen molar-refractivity contribution >= 4 is 56.4 Å². The first-order chi connectivity index (χ1) is 18.7. The molecule has 0 unspecified atom stereocenters. The Balaban J connectivity index is 2.00. The van der Waals surface area contributed by atoms with E-state index in [0.717, 1.165) is 24.3 Å². The zero-order valence-electron chi connectivity index (χ0n) is 24.9. The van der Waals surface area contributed by atoms with Gasteiger partial charge in [-0.1, -0.05) is 178 Å². The third kappa shape index (κ3) is 22.9. The maximum atomic E-state index is 5.64. The summed E-state index contributed by atoms with van der Waals surface area (Å²) >= 11 is 15.0. The lowest BCUT2D eigenvalue weighted by Gasteiger charge is -2.07. The molecule has 0 radical (unpaired) electrons. The van der Waals surface area contributed by atoms with Crippen molar-refractivity contribution in [3.8, 4) is 0 Å². The number of hydrogen-bond acceptors (Lipinski definition) is 4. The van der Waals surface area contributed by atoms with Crippen molar-refractivity contribution in [1.29, 1.82) is 0 Å². The Bertz CT molecular complexity index is 623. The van der Waals surface area contributed by atoms with Crippen LogP contribution >= 0.6 is 48.0 Å². The van der Waals surface area contributed by atoms with Gasteiger partial charge in [-0.3, -0.25) is 0 Å². The summed E-state index contributed by atoms with van der Waals surface area (Å²) in [5, 5.41) is 0. The molecule has 0 saturated heterocycles. The van der Waals surface area contributed by atoms with Crippen LogP contribution in [0.25, 0.3) is 0 Å². The van der Waals surface area contributed by atoms with Gasteiger partial charge in [0.25, 0.3) is 0 Å². The third-order valence-corrected chi connectivity index (χ3v) is 10.4. The molecular weight excluding hydrogens is 537 g/mol. The van der Waals surface area contributed by atoms with Gasteiger partial charge in [0.15, 0.2) is 0 Å². The predicted octanol–water partition coefficient (Wildman–Crippen LogP) is 13.4. The van der Waals surface area contributed by atoms with E-state index in [4.69, 9.17) is 24.4 Å². The summed E-state index contributed by atoms with van der Waals surface area (Å²) in [5.41, 5.74) is 2.75. The van der Waals surface area contributed by atoms with Gasteiger partial charge < -0.3 is 0 Å². The first kappa shape index (κ1) is 36.1. The lowest BCUT2D eigenvalue weighted by atomic mass is 10.1. The molecule has 1 rings (SSSR count). The van der Waals surface area contributed by atoms with Gasteiger partial charge in [0, 0.05) is 19.9 Å². The van der Waals surface area contributed by atoms with Crippen molar-refractivity contribution in [2.24, 2.45) is 0 Å². The second-order valence-corrected chi connectivity index (χ2v) is 14.6. The van der Waals surface area contributed by atoms with Crippen LogP contribution in [-0.2, 0) is 11.5 Å². The molecular formula is C34H58S4. The second-order valence-electron chi connectivity index (χ2n) is 11.0. The standard InChI is InChI=1S/C34H58S4/c1-3-5-7-9-11-13-15-17-19-21-23-33(35)37-29-31-25-27-32(28-26-31)30-38-34(36)24-22-20-18-16-14-12-10-8-6-4-2/h25-28H,3-24,29-30H2,1-2H3. The van der Waals surface area contributed by atoms with E-state index in [9.17, 15) is 0 Å². The van der Waals surface area contributed by atoms with Crippen LogP contribution in [0.15, 0.2) is 24.3 Å². The SMILES string of the molecule is CCCCCCCCCCCCC(=S)SCc1ccc(CSC(=S)CCCCCCCCCCCC)cc1. The first-order valence-electron chi connectivity index (χ1n) is 16.0. The molecule has 0 bridgehead atoms. The molecule has 0 heterocycles. The van der Waals surface area contributed by atoms with Crippen LogP contribution in [-0.4, -0.2) is 8.39 Å². The number of hydrogen-bond donors (Lipinski definition) is 0. The van der Waals surface area contributed by atoms with Gasteiger partial charge in [-0.2, -0.15) is 0 Å². The second kappa shape index (κ2) is 27.3. The van der Waals surface area contributed by atoms with Gasteiger partial charge in [0.2, 0.25) is 0 Å². The van der Waals surface area contributed by atoms with Crippen molar-refractivity contribution in [3.05, 3.63) is 35.4 Å². The summed E-state index contributed by atoms with van der Waals surface area (Å²) in [6, 6.07) is 9.10. The minimum Gasteiger partial charge on any atom is -0.114 e. The van der Waals surface area contributed by atoms with Crippen molar-refractivity contribution in [1.82, 2.24) is 0 Å². The van der Waals surface area contributed by atoms with Crippen molar-refractivity contribution in [2.45, 2.75) is 167 Å². The topological polar surface area (TPSA) is 0 Å². The molecule has 0 spiro atoms. The van der Waals surface area contributed by atoms with Crippen molar-refractivity contribution < 1.29 is 0 Å². The Morgan fingerprint density at radius 1 is 0.447 bits per heavy atom. The molecule has 1 aromatic rings. The zero-order valence-corrected chi connectivity index (χ0v) is 28.2. The molecule has 0 N–H and O–H groups in total. The fourth-order valence-corrected chi connectivity index (χ4v) is 6.98. The van der Waals surface area contributed by atoms with E-state index < -0.39 is 0 Å². The molecule has 0 aliphatic carbocycles. The van der Waals surface area contributed by atoms with E-state index in [-0.39, 0.29) is 0 Å². The van der Waals surface area contributed by atoms with Crippen LogP contribution in [0, 0.1) is 0 Å². The molecule has 4 heteroatoms. The molecule has 0 saturated carbocycles. The van der Waals surface area contributed by atoms with E-state index in [1.165, 1.54) is 148 Å². The smallest absolute Gasteiger partial charge is 0.0481 e. The Labute approximate surface area is 257 Å². The Morgan fingerprint density at radius 2 is 0.711 bits per heavy atom. The quantitative estimate of drug-likeness (QED) is 0.0772. The van der Waals surface area contributed by atoms with Gasteiger partial charge in [0.05, 0.1) is 0 Å². The van der Waals surface area contributed by atoms with Crippen LogP contribution in [0.4, 0.5) is 0 Å². The van der Waals surface area contributed by atoms with E-state index in [1.807, 2.05) is 23.5 Å². The summed E-state index contributed by atoms with van der Waals surface area (Å²) < 4.78 is 2.36. The molecule has 0 aromatic heterocycles. The van der Waals surface area contributed by atoms with Crippen LogP contribution in [0.5, 0.6) is 0 Å². The largest absolute Gasteiger partial charge is 0.114 e. The average Bonchev–Trinajstić information content (AvgIpc) is 2.93. The lowest BCUT2D eigenvalue weighted by Crippen LogP contribution is -1.93. The van der Waals surface area contributed by atoms with Crippen molar-refractivity contribution in [3.63, 3.8) is 0 Å². The van der Waals surface area contributed by atoms with E-state index >= 15 is 0 Å². The molecule has 0 aliphatic rings. The molecule has 0 nitrogen and oxygen atoms in total. The van der Waals surface area contributed by atoms with E-state index in [0.29, 0.717) is 0 Å². The molecule has 1 aromatic carbocycles. The van der Waals surface area contributed by atoms with E-state index in [1.54, 1.807) is 0 Å². The Morgan fingerprint density at radius 3 is 1.00 bits per heavy atom. The number of rotatable bonds is 26. The molecule has 0 amide bonds. The molecule has 38 heavy (non-hydrogen) atoms. The minimum atomic E-state index is 1.00.